The molecule has 1 aliphatic heterocycles. The van der Waals surface area contributed by atoms with Crippen LogP contribution < -0.4 is 11.2 Å². The maximum Gasteiger partial charge on any atom is 0.330 e. The van der Waals surface area contributed by atoms with Crippen LogP contribution in [0.3, 0.4) is 0 Å². The molecule has 2 heterocycles. The van der Waals surface area contributed by atoms with E-state index >= 15 is 0 Å². The molecule has 0 saturated carbocycles. The lowest BCUT2D eigenvalue weighted by molar-refractivity contribution is -0.161. The van der Waals surface area contributed by atoms with E-state index in [0.29, 0.717) is 0 Å². The number of rotatable bonds is 7. The minimum absolute atomic E-state index is 0.157. The lowest BCUT2D eigenvalue weighted by Crippen LogP contribution is -2.76. The van der Waals surface area contributed by atoms with E-state index in [-0.39, 0.29) is 18.6 Å². The number of aliphatic hydroxyl groups excluding tert-OH is 1. The van der Waals surface area contributed by atoms with E-state index in [2.05, 4.69) is 4.98 Å². The Kier molecular flexibility index (Phi) is 6.71. The first-order valence-corrected chi connectivity index (χ1v) is 13.1. The zero-order valence-corrected chi connectivity index (χ0v) is 19.8. The molecule has 0 aromatic carbocycles. The number of carbonyl (C=O) groups is 2. The fourth-order valence-corrected chi connectivity index (χ4v) is 7.29. The van der Waals surface area contributed by atoms with Crippen LogP contribution in [-0.2, 0) is 14.3 Å². The summed E-state index contributed by atoms with van der Waals surface area (Å²) in [6, 6.07) is 1.06. The first kappa shape index (κ1) is 25.3. The summed E-state index contributed by atoms with van der Waals surface area (Å²) in [7, 11) is -3.18. The van der Waals surface area contributed by atoms with Crippen molar-refractivity contribution in [2.24, 2.45) is 0 Å². The van der Waals surface area contributed by atoms with E-state index < -0.39 is 59.9 Å². The molecule has 1 aromatic rings. The average Bonchev–Trinajstić information content (AvgIpc) is 2.88. The molecule has 10 nitrogen and oxygen atoms in total. The topological polar surface area (TPSA) is 159 Å². The highest BCUT2D eigenvalue weighted by atomic mass is 28.3. The Balaban J connectivity index is 2.84. The molecule has 11 heteroatoms. The Morgan fingerprint density at radius 3 is 2.26 bits per heavy atom. The number of hydrogen-bond donors (Lipinski definition) is 4. The minimum Gasteiger partial charge on any atom is -0.394 e. The van der Waals surface area contributed by atoms with Gasteiger partial charge in [-0.15, -0.1) is 0 Å². The van der Waals surface area contributed by atoms with Crippen LogP contribution in [0.4, 0.5) is 0 Å². The highest BCUT2D eigenvalue weighted by Crippen LogP contribution is 2.57. The third-order valence-corrected chi connectivity index (χ3v) is 13.2. The fraction of sp³-hybridized carbons (Fsp3) is 0.700. The smallest absolute Gasteiger partial charge is 0.330 e. The van der Waals surface area contributed by atoms with Gasteiger partial charge in [0.1, 0.15) is 25.2 Å². The average molecular weight is 457 g/mol. The number of H-pyrrole nitrogens is 1. The van der Waals surface area contributed by atoms with E-state index in [1.807, 2.05) is 20.8 Å². The Morgan fingerprint density at radius 1 is 1.23 bits per heavy atom. The largest absolute Gasteiger partial charge is 0.394 e. The summed E-state index contributed by atoms with van der Waals surface area (Å²) in [5.74, 6) is -1.13. The standard InChI is InChI=1S/C20H32N2O8Si/c1-12(24)7-8-13(25)19(28)14(11-23)30-16(22-10-9-15(26)21-17(22)27)20(19,29)31(5,6)18(2,3)4/h9-10,14,16,23,28-29H,7-8,11H2,1-6H3,(H,21,26,27)/t14-,16-,19-,20-/m1/s1. The van der Waals surface area contributed by atoms with Crippen molar-refractivity contribution in [2.45, 2.75) is 81.8 Å². The summed E-state index contributed by atoms with van der Waals surface area (Å²) in [5, 5.41) is 31.1. The summed E-state index contributed by atoms with van der Waals surface area (Å²) in [6.45, 7) is 9.53. The Bertz CT molecular complexity index is 978. The zero-order chi connectivity index (χ0) is 24.0. The summed E-state index contributed by atoms with van der Waals surface area (Å²) >= 11 is 0. The van der Waals surface area contributed by atoms with Crippen molar-refractivity contribution in [1.82, 2.24) is 9.55 Å². The molecule has 2 rings (SSSR count). The Morgan fingerprint density at radius 2 is 1.81 bits per heavy atom. The number of aliphatic hydroxyl groups is 3. The van der Waals surface area contributed by atoms with Gasteiger partial charge in [0, 0.05) is 25.1 Å². The van der Waals surface area contributed by atoms with Gasteiger partial charge in [-0.25, -0.2) is 4.79 Å². The fourth-order valence-electron chi connectivity index (χ4n) is 4.07. The second kappa shape index (κ2) is 8.21. The summed E-state index contributed by atoms with van der Waals surface area (Å²) < 4.78 is 6.70. The maximum absolute atomic E-state index is 13.3. The quantitative estimate of drug-likeness (QED) is 0.413. The molecule has 0 unspecified atom stereocenters. The number of hydrogen-bond acceptors (Lipinski definition) is 8. The molecule has 4 atom stereocenters. The van der Waals surface area contributed by atoms with Crippen LogP contribution in [0.5, 0.6) is 0 Å². The predicted molar refractivity (Wildman–Crippen MR) is 114 cm³/mol. The number of nitrogens with one attached hydrogen (secondary N) is 1. The van der Waals surface area contributed by atoms with Crippen molar-refractivity contribution in [3.05, 3.63) is 33.1 Å². The molecule has 1 aromatic heterocycles. The Labute approximate surface area is 180 Å². The number of aromatic amines is 1. The normalized spacial score (nSPS) is 29.2. The van der Waals surface area contributed by atoms with Crippen LogP contribution in [-0.4, -0.2) is 68.0 Å². The number of ether oxygens (including phenoxy) is 1. The number of Topliss-reactive ketones (excluding diaryl/α,β-unsaturated/α-hetero) is 2. The molecule has 1 aliphatic rings. The van der Waals surface area contributed by atoms with Gasteiger partial charge in [-0.1, -0.05) is 33.9 Å². The monoisotopic (exact) mass is 456 g/mol. The van der Waals surface area contributed by atoms with Crippen LogP contribution in [0.15, 0.2) is 21.9 Å². The SMILES string of the molecule is CC(=O)CCC(=O)[C@@]1(O)[C@@H](CO)O[C@@H](n2ccc(=O)[nH]c2=O)[C@@]1(O)[Si](C)(C)C(C)(C)C. The van der Waals surface area contributed by atoms with E-state index in [9.17, 15) is 34.5 Å². The minimum atomic E-state index is -3.18. The van der Waals surface area contributed by atoms with Crippen molar-refractivity contribution in [3.63, 3.8) is 0 Å². The van der Waals surface area contributed by atoms with Crippen LogP contribution in [0.2, 0.25) is 18.1 Å². The molecule has 1 saturated heterocycles. The number of nitrogens with zero attached hydrogens (tertiary/aromatic N) is 1. The van der Waals surface area contributed by atoms with E-state index in [4.69, 9.17) is 4.74 Å². The molecular formula is C20H32N2O8Si. The van der Waals surface area contributed by atoms with Gasteiger partial charge in [-0.2, -0.15) is 0 Å². The molecule has 174 valence electrons. The van der Waals surface area contributed by atoms with Crippen LogP contribution >= 0.6 is 0 Å². The molecule has 4 N–H and O–H groups in total. The van der Waals surface area contributed by atoms with Gasteiger partial charge >= 0.3 is 5.69 Å². The van der Waals surface area contributed by atoms with Gasteiger partial charge in [0.05, 0.1) is 6.61 Å². The van der Waals surface area contributed by atoms with Gasteiger partial charge in [-0.05, 0) is 12.0 Å². The van der Waals surface area contributed by atoms with Gasteiger partial charge in [0.25, 0.3) is 5.56 Å². The molecule has 0 spiro atoms. The lowest BCUT2D eigenvalue weighted by atomic mass is 9.84. The van der Waals surface area contributed by atoms with Crippen LogP contribution in [0.1, 0.15) is 46.8 Å². The summed E-state index contributed by atoms with van der Waals surface area (Å²) in [6.07, 6.45) is -2.51. The highest BCUT2D eigenvalue weighted by Gasteiger charge is 2.76. The van der Waals surface area contributed by atoms with Gasteiger partial charge in [0.15, 0.2) is 17.6 Å². The predicted octanol–water partition coefficient (Wildman–Crippen LogP) is -0.126. The van der Waals surface area contributed by atoms with E-state index in [0.717, 1.165) is 16.8 Å². The van der Waals surface area contributed by atoms with Gasteiger partial charge < -0.3 is 24.9 Å². The molecule has 0 amide bonds. The van der Waals surface area contributed by atoms with Crippen molar-refractivity contribution >= 4 is 19.6 Å². The number of ketones is 2. The second-order valence-corrected chi connectivity index (χ2v) is 15.2. The first-order chi connectivity index (χ1) is 14.1. The molecular weight excluding hydrogens is 424 g/mol. The molecule has 31 heavy (non-hydrogen) atoms. The maximum atomic E-state index is 13.3. The second-order valence-electron chi connectivity index (χ2n) is 9.71. The zero-order valence-electron chi connectivity index (χ0n) is 18.8. The van der Waals surface area contributed by atoms with Crippen molar-refractivity contribution < 1.29 is 29.6 Å². The number of aromatic nitrogens is 2. The highest BCUT2D eigenvalue weighted by molar-refractivity contribution is 6.83. The van der Waals surface area contributed by atoms with Gasteiger partial charge in [-0.3, -0.25) is 19.1 Å². The first-order valence-electron chi connectivity index (χ1n) is 10.1. The van der Waals surface area contributed by atoms with Crippen molar-refractivity contribution in [2.75, 3.05) is 6.61 Å². The van der Waals surface area contributed by atoms with E-state index in [1.165, 1.54) is 6.92 Å². The van der Waals surface area contributed by atoms with Crippen molar-refractivity contribution in [3.8, 4) is 0 Å². The molecule has 0 radical (unpaired) electrons. The third-order valence-electron chi connectivity index (χ3n) is 6.92. The van der Waals surface area contributed by atoms with E-state index in [1.54, 1.807) is 13.1 Å². The summed E-state index contributed by atoms with van der Waals surface area (Å²) in [4.78, 5) is 50.9. The van der Waals surface area contributed by atoms with Gasteiger partial charge in [0.2, 0.25) is 0 Å². The Hall–Kier alpha value is -1.92. The molecule has 0 bridgehead atoms. The summed E-state index contributed by atoms with van der Waals surface area (Å²) in [5.41, 5.74) is -4.14. The number of carbonyl (C=O) groups excluding carboxylic acids is 2. The lowest BCUT2D eigenvalue weighted by Gasteiger charge is -2.54. The molecule has 1 fully saturated rings. The van der Waals surface area contributed by atoms with Crippen molar-refractivity contribution in [1.29, 1.82) is 0 Å². The molecule has 0 aliphatic carbocycles. The van der Waals surface area contributed by atoms with Crippen LogP contribution in [0.25, 0.3) is 0 Å². The third kappa shape index (κ3) is 3.78. The van der Waals surface area contributed by atoms with Crippen LogP contribution in [0, 0.1) is 0 Å².